The molecule has 53 heavy (non-hydrogen) atoms. The van der Waals surface area contributed by atoms with Crippen LogP contribution in [0.5, 0.6) is 0 Å². The summed E-state index contributed by atoms with van der Waals surface area (Å²) in [5.74, 6) is -2.98. The number of aliphatic carboxylic acids is 1. The second-order valence-corrected chi connectivity index (χ2v) is 14.1. The van der Waals surface area contributed by atoms with E-state index in [-0.39, 0.29) is 19.5 Å². The van der Waals surface area contributed by atoms with Crippen LogP contribution in [-0.2, 0) is 33.3 Å². The summed E-state index contributed by atoms with van der Waals surface area (Å²) in [6, 6.07) is -2.21. The molecule has 3 saturated heterocycles. The van der Waals surface area contributed by atoms with E-state index >= 15 is 0 Å². The first-order valence-corrected chi connectivity index (χ1v) is 18.3. The molecular formula is C34H55N5O14. The highest BCUT2D eigenvalue weighted by atomic mass is 16.7. The molecule has 0 aliphatic carbocycles. The van der Waals surface area contributed by atoms with E-state index in [0.29, 0.717) is 6.42 Å². The first kappa shape index (κ1) is 42.5. The number of H-pyrrole nitrogens is 1. The van der Waals surface area contributed by atoms with Gasteiger partial charge in [0.2, 0.25) is 5.91 Å². The highest BCUT2D eigenvalue weighted by Crippen LogP contribution is 2.36. The average molecular weight is 758 g/mol. The summed E-state index contributed by atoms with van der Waals surface area (Å²) in [5, 5.41) is 53.9. The first-order chi connectivity index (χ1) is 25.2. The van der Waals surface area contributed by atoms with E-state index < -0.39 is 103 Å². The van der Waals surface area contributed by atoms with Crippen LogP contribution in [0, 0.1) is 0 Å². The number of nitrogens with two attached hydrogens (primary N) is 1. The van der Waals surface area contributed by atoms with Gasteiger partial charge in [0.15, 0.2) is 18.6 Å². The quantitative estimate of drug-likeness (QED) is 0.0630. The van der Waals surface area contributed by atoms with Gasteiger partial charge in [0.1, 0.15) is 54.9 Å². The normalized spacial score (nSPS) is 32.9. The van der Waals surface area contributed by atoms with Crippen LogP contribution in [-0.4, -0.2) is 157 Å². The number of carboxylic acid groups (broad SMARTS) is 1. The van der Waals surface area contributed by atoms with E-state index in [1.54, 1.807) is 0 Å². The van der Waals surface area contributed by atoms with Gasteiger partial charge >= 0.3 is 17.6 Å². The van der Waals surface area contributed by atoms with Crippen LogP contribution in [0.25, 0.3) is 0 Å². The molecule has 19 heteroatoms. The third kappa shape index (κ3) is 10.1. The van der Waals surface area contributed by atoms with Crippen LogP contribution in [0.1, 0.15) is 77.4 Å². The van der Waals surface area contributed by atoms with Crippen molar-refractivity contribution in [3.8, 4) is 0 Å². The number of likely N-dealkylation sites (N-methyl/N-ethyl adjacent to an activating group) is 2. The maximum absolute atomic E-state index is 14.3. The predicted octanol–water partition coefficient (Wildman–Crippen LogP) is -2.00. The molecule has 4 heterocycles. The number of amides is 1. The Bertz CT molecular complexity index is 1490. The van der Waals surface area contributed by atoms with E-state index in [2.05, 4.69) is 6.92 Å². The molecule has 5 unspecified atom stereocenters. The van der Waals surface area contributed by atoms with Crippen molar-refractivity contribution in [1.82, 2.24) is 19.4 Å². The summed E-state index contributed by atoms with van der Waals surface area (Å²) in [4.78, 5) is 68.4. The number of nitrogens with zero attached hydrogens (tertiary/aromatic N) is 3. The molecule has 0 spiro atoms. The first-order valence-electron chi connectivity index (χ1n) is 18.3. The van der Waals surface area contributed by atoms with Crippen LogP contribution < -0.4 is 17.0 Å². The van der Waals surface area contributed by atoms with Gasteiger partial charge in [-0.1, -0.05) is 58.3 Å². The molecule has 300 valence electrons. The molecule has 0 bridgehead atoms. The predicted molar refractivity (Wildman–Crippen MR) is 184 cm³/mol. The number of carbonyl (C=O) groups is 3. The van der Waals surface area contributed by atoms with Crippen molar-refractivity contribution in [2.75, 3.05) is 27.2 Å². The molecular weight excluding hydrogens is 702 g/mol. The van der Waals surface area contributed by atoms with Gasteiger partial charge in [-0.25, -0.2) is 9.59 Å². The molecule has 12 atom stereocenters. The SMILES string of the molecule is CCCCCCCCCCCC(=O)O[C@H]1CN(C)C([C@H](OC2O[C@H](CN)[C@@H](O)[C@H]2O)C2OC(n3ccc(=O)[nH]c3=O)[C@H](O)[C@@H]2O)C(=O)N(C)C1C(=O)O. The van der Waals surface area contributed by atoms with E-state index in [9.17, 15) is 49.5 Å². The lowest BCUT2D eigenvalue weighted by atomic mass is 9.97. The molecule has 0 radical (unpaired) electrons. The van der Waals surface area contributed by atoms with Gasteiger partial charge in [-0.3, -0.25) is 28.8 Å². The van der Waals surface area contributed by atoms with Gasteiger partial charge in [-0.05, 0) is 13.5 Å². The molecule has 19 nitrogen and oxygen atoms in total. The molecule has 1 amide bonds. The van der Waals surface area contributed by atoms with Crippen molar-refractivity contribution in [2.45, 2.75) is 145 Å². The van der Waals surface area contributed by atoms with Crippen LogP contribution in [0.4, 0.5) is 0 Å². The number of rotatable bonds is 18. The van der Waals surface area contributed by atoms with Crippen molar-refractivity contribution in [2.24, 2.45) is 5.73 Å². The van der Waals surface area contributed by atoms with E-state index in [4.69, 9.17) is 24.7 Å². The number of aliphatic hydroxyl groups excluding tert-OH is 4. The maximum Gasteiger partial charge on any atom is 0.330 e. The van der Waals surface area contributed by atoms with Crippen molar-refractivity contribution >= 4 is 17.8 Å². The van der Waals surface area contributed by atoms with E-state index in [1.807, 2.05) is 4.98 Å². The number of carboxylic acids is 1. The van der Waals surface area contributed by atoms with Gasteiger partial charge in [0.25, 0.3) is 5.56 Å². The summed E-state index contributed by atoms with van der Waals surface area (Å²) < 4.78 is 24.2. The minimum Gasteiger partial charge on any atom is -0.480 e. The number of carbonyl (C=O) groups excluding carboxylic acids is 2. The number of aromatic amines is 1. The van der Waals surface area contributed by atoms with Gasteiger partial charge in [-0.2, -0.15) is 0 Å². The number of esters is 1. The zero-order valence-corrected chi connectivity index (χ0v) is 30.4. The standard InChI is InChI=1S/C34H55N5O14/c1-4-5-6-7-8-9-10-11-12-13-21(41)50-19-17-37(2)23(30(46)38(3)22(19)32(47)48)28(53-33-27(45)24(42)18(16-35)51-33)29-25(43)26(44)31(52-29)39-15-14-20(40)36-34(39)49/h14-15,18-19,22-29,31,33,42-45H,4-13,16-17,35H2,1-3H3,(H,47,48)(H,36,40,49)/t18-,19+,22?,23?,24-,25+,26-,27-,28+,29?,31?,33?/m1/s1. The zero-order chi connectivity index (χ0) is 39.0. The Balaban J connectivity index is 1.57. The molecule has 3 fully saturated rings. The van der Waals surface area contributed by atoms with Crippen molar-refractivity contribution in [3.63, 3.8) is 0 Å². The summed E-state index contributed by atoms with van der Waals surface area (Å²) in [5.41, 5.74) is 3.96. The van der Waals surface area contributed by atoms with Gasteiger partial charge in [0.05, 0.1) is 0 Å². The van der Waals surface area contributed by atoms with Crippen molar-refractivity contribution in [1.29, 1.82) is 0 Å². The Morgan fingerprint density at radius 2 is 1.58 bits per heavy atom. The van der Waals surface area contributed by atoms with E-state index in [1.165, 1.54) is 44.7 Å². The topological polar surface area (TPSA) is 277 Å². The Morgan fingerprint density at radius 1 is 0.943 bits per heavy atom. The highest BCUT2D eigenvalue weighted by Gasteiger charge is 2.57. The second-order valence-electron chi connectivity index (χ2n) is 14.1. The molecule has 4 rings (SSSR count). The van der Waals surface area contributed by atoms with Crippen LogP contribution >= 0.6 is 0 Å². The molecule has 0 aromatic carbocycles. The Kier molecular flexibility index (Phi) is 15.5. The molecule has 1 aromatic rings. The second kappa shape index (κ2) is 19.4. The smallest absolute Gasteiger partial charge is 0.330 e. The molecule has 1 aromatic heterocycles. The third-order valence-corrected chi connectivity index (χ3v) is 10.2. The fraction of sp³-hybridized carbons (Fsp3) is 0.794. The average Bonchev–Trinajstić information content (AvgIpc) is 3.52. The maximum atomic E-state index is 14.3. The number of aromatic nitrogens is 2. The number of unbranched alkanes of at least 4 members (excludes halogenated alkanes) is 8. The summed E-state index contributed by atoms with van der Waals surface area (Å²) in [7, 11) is 2.62. The summed E-state index contributed by atoms with van der Waals surface area (Å²) in [6.07, 6.45) is -5.64. The number of ether oxygens (including phenoxy) is 4. The summed E-state index contributed by atoms with van der Waals surface area (Å²) >= 11 is 0. The van der Waals surface area contributed by atoms with Gasteiger partial charge in [-0.15, -0.1) is 0 Å². The lowest BCUT2D eigenvalue weighted by Crippen LogP contribution is -2.59. The Labute approximate surface area is 306 Å². The number of aliphatic hydroxyl groups is 4. The van der Waals surface area contributed by atoms with Crippen molar-refractivity contribution < 1.29 is 58.9 Å². The Hall–Kier alpha value is -3.27. The largest absolute Gasteiger partial charge is 0.480 e. The highest BCUT2D eigenvalue weighted by molar-refractivity contribution is 5.88. The minimum absolute atomic E-state index is 0.0439. The van der Waals surface area contributed by atoms with Crippen molar-refractivity contribution in [3.05, 3.63) is 33.1 Å². The molecule has 3 aliphatic rings. The molecule has 0 saturated carbocycles. The monoisotopic (exact) mass is 757 g/mol. The lowest BCUT2D eigenvalue weighted by molar-refractivity contribution is -0.233. The lowest BCUT2D eigenvalue weighted by Gasteiger charge is -2.38. The summed E-state index contributed by atoms with van der Waals surface area (Å²) in [6.45, 7) is 1.62. The number of hydrogen-bond acceptors (Lipinski definition) is 15. The molecule has 3 aliphatic heterocycles. The fourth-order valence-corrected chi connectivity index (χ4v) is 7.23. The van der Waals surface area contributed by atoms with Crippen LogP contribution in [0.15, 0.2) is 21.9 Å². The number of nitrogens with one attached hydrogen (secondary N) is 1. The minimum atomic E-state index is -1.87. The van der Waals surface area contributed by atoms with Gasteiger partial charge < -0.3 is 55.1 Å². The van der Waals surface area contributed by atoms with Gasteiger partial charge in [0, 0.05) is 38.8 Å². The van der Waals surface area contributed by atoms with Crippen LogP contribution in [0.3, 0.4) is 0 Å². The van der Waals surface area contributed by atoms with E-state index in [0.717, 1.165) is 47.4 Å². The zero-order valence-electron chi connectivity index (χ0n) is 30.4. The number of hydrogen-bond donors (Lipinski definition) is 7. The molecule has 8 N–H and O–H groups in total. The fourth-order valence-electron chi connectivity index (χ4n) is 7.23. The Morgan fingerprint density at radius 3 is 2.17 bits per heavy atom. The van der Waals surface area contributed by atoms with Crippen LogP contribution in [0.2, 0.25) is 0 Å². The third-order valence-electron chi connectivity index (χ3n) is 10.2.